The minimum absolute atomic E-state index is 0.0369. The van der Waals surface area contributed by atoms with Crippen LogP contribution < -0.4 is 0 Å². The van der Waals surface area contributed by atoms with Crippen LogP contribution in [0.25, 0.3) is 17.0 Å². The van der Waals surface area contributed by atoms with Gasteiger partial charge in [-0.05, 0) is 35.4 Å². The number of hydrogen-bond donors (Lipinski definition) is 0. The van der Waals surface area contributed by atoms with E-state index in [9.17, 15) is 4.79 Å². The number of fused-ring (bicyclic) bond motifs is 1. The highest BCUT2D eigenvalue weighted by Crippen LogP contribution is 2.33. The van der Waals surface area contributed by atoms with Crippen molar-refractivity contribution >= 4 is 51.2 Å². The quantitative estimate of drug-likeness (QED) is 0.502. The van der Waals surface area contributed by atoms with E-state index >= 15 is 0 Å². The molecule has 1 aliphatic heterocycles. The van der Waals surface area contributed by atoms with Crippen LogP contribution in [0.15, 0.2) is 71.8 Å². The molecule has 0 spiro atoms. The molecule has 0 saturated carbocycles. The normalized spacial score (nSPS) is 16.2. The van der Waals surface area contributed by atoms with Gasteiger partial charge in [-0.25, -0.2) is 0 Å². The van der Waals surface area contributed by atoms with Gasteiger partial charge in [-0.2, -0.15) is 0 Å². The van der Waals surface area contributed by atoms with Gasteiger partial charge in [0, 0.05) is 11.6 Å². The zero-order chi connectivity index (χ0) is 17.2. The maximum absolute atomic E-state index is 12.7. The number of benzene rings is 2. The van der Waals surface area contributed by atoms with Gasteiger partial charge in [0.2, 0.25) is 0 Å². The van der Waals surface area contributed by atoms with Crippen LogP contribution in [0.4, 0.5) is 0 Å². The van der Waals surface area contributed by atoms with E-state index in [0.717, 1.165) is 22.0 Å². The molecule has 5 heteroatoms. The van der Waals surface area contributed by atoms with Gasteiger partial charge in [0.25, 0.3) is 5.91 Å². The first-order valence-corrected chi connectivity index (χ1v) is 9.07. The molecule has 3 aromatic rings. The van der Waals surface area contributed by atoms with Crippen LogP contribution in [0.1, 0.15) is 11.1 Å². The fraction of sp³-hybridized carbons (Fsp3) is 0.0500. The lowest BCUT2D eigenvalue weighted by molar-refractivity contribution is -0.122. The van der Waals surface area contributed by atoms with Gasteiger partial charge < -0.3 is 0 Å². The largest absolute Gasteiger partial charge is 0.288 e. The van der Waals surface area contributed by atoms with Crippen LogP contribution in [-0.4, -0.2) is 20.1 Å². The summed E-state index contributed by atoms with van der Waals surface area (Å²) >= 11 is 6.76. The number of thioether (sulfide) groups is 1. The van der Waals surface area contributed by atoms with Gasteiger partial charge in [0.1, 0.15) is 4.32 Å². The fourth-order valence-electron chi connectivity index (χ4n) is 2.74. The van der Waals surface area contributed by atoms with Gasteiger partial charge in [0.05, 0.1) is 17.0 Å². The summed E-state index contributed by atoms with van der Waals surface area (Å²) in [4.78, 5) is 19.4. The molecule has 25 heavy (non-hydrogen) atoms. The molecule has 0 bridgehead atoms. The second-order valence-electron chi connectivity index (χ2n) is 5.71. The highest BCUT2D eigenvalue weighted by molar-refractivity contribution is 8.26. The SMILES string of the molecule is O=C1/C(=C\c2ccc3ncccc3c2)SC(=S)N1Cc1ccccc1. The lowest BCUT2D eigenvalue weighted by Crippen LogP contribution is -2.27. The van der Waals surface area contributed by atoms with E-state index in [1.807, 2.05) is 66.7 Å². The molecule has 2 aromatic carbocycles. The van der Waals surface area contributed by atoms with E-state index in [4.69, 9.17) is 12.2 Å². The number of nitrogens with zero attached hydrogens (tertiary/aromatic N) is 2. The van der Waals surface area contributed by atoms with Crippen LogP contribution in [-0.2, 0) is 11.3 Å². The smallest absolute Gasteiger partial charge is 0.266 e. The van der Waals surface area contributed by atoms with E-state index < -0.39 is 0 Å². The number of aromatic nitrogens is 1. The standard InChI is InChI=1S/C20H14N2OS2/c23-19-18(12-15-8-9-17-16(11-15)7-4-10-21-17)25-20(24)22(19)13-14-5-2-1-3-6-14/h1-12H,13H2/b18-12+. The number of amides is 1. The molecule has 1 amide bonds. The van der Waals surface area contributed by atoms with Crippen LogP contribution in [0.2, 0.25) is 0 Å². The zero-order valence-electron chi connectivity index (χ0n) is 13.3. The summed E-state index contributed by atoms with van der Waals surface area (Å²) < 4.78 is 0.600. The summed E-state index contributed by atoms with van der Waals surface area (Å²) in [7, 11) is 0. The Labute approximate surface area is 155 Å². The Bertz CT molecular complexity index is 999. The molecule has 0 unspecified atom stereocenters. The first-order valence-electron chi connectivity index (χ1n) is 7.85. The van der Waals surface area contributed by atoms with Crippen molar-refractivity contribution in [2.75, 3.05) is 0 Å². The fourth-order valence-corrected chi connectivity index (χ4v) is 3.99. The Balaban J connectivity index is 1.60. The van der Waals surface area contributed by atoms with Crippen molar-refractivity contribution in [2.45, 2.75) is 6.54 Å². The van der Waals surface area contributed by atoms with E-state index in [1.54, 1.807) is 11.1 Å². The molecule has 1 aromatic heterocycles. The Morgan fingerprint density at radius 3 is 2.76 bits per heavy atom. The van der Waals surface area contributed by atoms with Gasteiger partial charge in [-0.15, -0.1) is 0 Å². The number of carbonyl (C=O) groups excluding carboxylic acids is 1. The molecule has 4 rings (SSSR count). The second kappa shape index (κ2) is 6.78. The zero-order valence-corrected chi connectivity index (χ0v) is 14.9. The maximum atomic E-state index is 12.7. The molecule has 122 valence electrons. The summed E-state index contributed by atoms with van der Waals surface area (Å²) in [6.45, 7) is 0.504. The van der Waals surface area contributed by atoms with Gasteiger partial charge in [0.15, 0.2) is 0 Å². The molecule has 0 N–H and O–H groups in total. The minimum atomic E-state index is -0.0369. The summed E-state index contributed by atoms with van der Waals surface area (Å²) in [5.41, 5.74) is 2.98. The third kappa shape index (κ3) is 3.34. The number of rotatable bonds is 3. The van der Waals surface area contributed by atoms with Crippen molar-refractivity contribution in [1.29, 1.82) is 0 Å². The molecule has 1 saturated heterocycles. The molecule has 3 nitrogen and oxygen atoms in total. The van der Waals surface area contributed by atoms with Gasteiger partial charge >= 0.3 is 0 Å². The minimum Gasteiger partial charge on any atom is -0.288 e. The number of thiocarbonyl (C=S) groups is 1. The molecule has 0 aliphatic carbocycles. The summed E-state index contributed by atoms with van der Waals surface area (Å²) in [5, 5.41) is 1.05. The number of carbonyl (C=O) groups is 1. The predicted molar refractivity (Wildman–Crippen MR) is 107 cm³/mol. The monoisotopic (exact) mass is 362 g/mol. The van der Waals surface area contributed by atoms with E-state index in [-0.39, 0.29) is 5.91 Å². The molecule has 1 fully saturated rings. The van der Waals surface area contributed by atoms with E-state index in [0.29, 0.717) is 15.8 Å². The molecule has 2 heterocycles. The van der Waals surface area contributed by atoms with Crippen molar-refractivity contribution in [3.8, 4) is 0 Å². The lowest BCUT2D eigenvalue weighted by Gasteiger charge is -2.14. The van der Waals surface area contributed by atoms with E-state index in [2.05, 4.69) is 4.98 Å². The van der Waals surface area contributed by atoms with Crippen molar-refractivity contribution in [1.82, 2.24) is 9.88 Å². The maximum Gasteiger partial charge on any atom is 0.266 e. The van der Waals surface area contributed by atoms with Crippen molar-refractivity contribution < 1.29 is 4.79 Å². The summed E-state index contributed by atoms with van der Waals surface area (Å²) in [5.74, 6) is -0.0369. The summed E-state index contributed by atoms with van der Waals surface area (Å²) in [6, 6.07) is 19.8. The van der Waals surface area contributed by atoms with Gasteiger partial charge in [-0.1, -0.05) is 66.4 Å². The third-order valence-corrected chi connectivity index (χ3v) is 5.36. The predicted octanol–water partition coefficient (Wildman–Crippen LogP) is 4.64. The first-order chi connectivity index (χ1) is 12.2. The Hall–Kier alpha value is -2.50. The number of pyridine rings is 1. The Morgan fingerprint density at radius 2 is 1.92 bits per heavy atom. The molecular formula is C20H14N2OS2. The van der Waals surface area contributed by atoms with Crippen molar-refractivity contribution in [2.24, 2.45) is 0 Å². The third-order valence-electron chi connectivity index (χ3n) is 3.98. The van der Waals surface area contributed by atoms with Crippen LogP contribution >= 0.6 is 24.0 Å². The number of hydrogen-bond acceptors (Lipinski definition) is 4. The second-order valence-corrected chi connectivity index (χ2v) is 7.38. The topological polar surface area (TPSA) is 33.2 Å². The average Bonchev–Trinajstić information content (AvgIpc) is 2.90. The molecular weight excluding hydrogens is 348 g/mol. The average molecular weight is 362 g/mol. The molecule has 1 aliphatic rings. The molecule has 0 radical (unpaired) electrons. The first kappa shape index (κ1) is 16.0. The highest BCUT2D eigenvalue weighted by Gasteiger charge is 2.31. The van der Waals surface area contributed by atoms with Crippen molar-refractivity contribution in [3.05, 3.63) is 82.9 Å². The van der Waals surface area contributed by atoms with Crippen LogP contribution in [0.3, 0.4) is 0 Å². The van der Waals surface area contributed by atoms with Gasteiger partial charge in [-0.3, -0.25) is 14.7 Å². The lowest BCUT2D eigenvalue weighted by atomic mass is 10.1. The van der Waals surface area contributed by atoms with Crippen LogP contribution in [0, 0.1) is 0 Å². The Kier molecular flexibility index (Phi) is 4.34. The van der Waals surface area contributed by atoms with E-state index in [1.165, 1.54) is 11.8 Å². The highest BCUT2D eigenvalue weighted by atomic mass is 32.2. The van der Waals surface area contributed by atoms with Crippen LogP contribution in [0.5, 0.6) is 0 Å². The van der Waals surface area contributed by atoms with Crippen molar-refractivity contribution in [3.63, 3.8) is 0 Å². The molecule has 0 atom stereocenters. The Morgan fingerprint density at radius 1 is 1.08 bits per heavy atom. The summed E-state index contributed by atoms with van der Waals surface area (Å²) in [6.07, 6.45) is 3.67.